The second kappa shape index (κ2) is 12.8. The summed E-state index contributed by atoms with van der Waals surface area (Å²) in [6, 6.07) is 1.68. The lowest BCUT2D eigenvalue weighted by atomic mass is 10.1. The highest BCUT2D eigenvalue weighted by Crippen LogP contribution is 2.39. The molecule has 1 aliphatic heterocycles. The zero-order chi connectivity index (χ0) is 29.8. The summed E-state index contributed by atoms with van der Waals surface area (Å²) in [6.07, 6.45) is 2.70. The monoisotopic (exact) mass is 607 g/mol. The topological polar surface area (TPSA) is 157 Å². The Bertz CT molecular complexity index is 1500. The molecule has 41 heavy (non-hydrogen) atoms. The maximum Gasteiger partial charge on any atom is 0.325 e. The van der Waals surface area contributed by atoms with E-state index in [0.29, 0.717) is 63.1 Å². The van der Waals surface area contributed by atoms with Gasteiger partial charge in [-0.3, -0.25) is 9.52 Å². The van der Waals surface area contributed by atoms with Gasteiger partial charge in [-0.15, -0.1) is 11.3 Å². The van der Waals surface area contributed by atoms with Crippen LogP contribution in [0.25, 0.3) is 21.5 Å². The molecule has 1 saturated heterocycles. The third kappa shape index (κ3) is 7.40. The van der Waals surface area contributed by atoms with E-state index < -0.39 is 15.6 Å². The number of sulfonamides is 1. The van der Waals surface area contributed by atoms with Crippen molar-refractivity contribution in [3.05, 3.63) is 22.7 Å². The number of morpholine rings is 1. The van der Waals surface area contributed by atoms with Gasteiger partial charge in [-0.05, 0) is 26.8 Å². The molecule has 4 heterocycles. The average molecular weight is 608 g/mol. The molecule has 15 heteroatoms. The largest absolute Gasteiger partial charge is 0.480 e. The van der Waals surface area contributed by atoms with Gasteiger partial charge in [0.25, 0.3) is 0 Å². The highest BCUT2D eigenvalue weighted by atomic mass is 32.2. The number of aromatic nitrogens is 3. The third-order valence-corrected chi connectivity index (χ3v) is 8.33. The molecule has 224 valence electrons. The summed E-state index contributed by atoms with van der Waals surface area (Å²) in [5.74, 6) is 0.416. The number of hydrogen-bond acceptors (Lipinski definition) is 13. The molecule has 0 aromatic carbocycles. The molecular weight excluding hydrogens is 570 g/mol. The van der Waals surface area contributed by atoms with Crippen molar-refractivity contribution in [2.75, 3.05) is 69.5 Å². The van der Waals surface area contributed by atoms with Crippen molar-refractivity contribution >= 4 is 49.2 Å². The molecule has 0 aliphatic carbocycles. The second-order valence-corrected chi connectivity index (χ2v) is 13.1. The van der Waals surface area contributed by atoms with Gasteiger partial charge in [0.1, 0.15) is 11.2 Å². The highest BCUT2D eigenvalue weighted by molar-refractivity contribution is 7.92. The van der Waals surface area contributed by atoms with Crippen LogP contribution in [0.2, 0.25) is 0 Å². The van der Waals surface area contributed by atoms with Crippen LogP contribution < -0.4 is 25.0 Å². The molecule has 0 saturated carbocycles. The van der Waals surface area contributed by atoms with E-state index >= 15 is 0 Å². The van der Waals surface area contributed by atoms with Crippen LogP contribution in [0.15, 0.2) is 12.3 Å². The standard InChI is InChI=1S/C26H37N7O6S2/c1-16-18(15-27-7-8-29-26(2,3)24(34)38-5)21-22(40-16)20(30-25(31-21)33-9-11-39-12-10-33)17-13-19(32-41(6,35)36)23(37-4)28-14-17/h13-14,27,29,32H,7-12,15H2,1-6H3. The van der Waals surface area contributed by atoms with Gasteiger partial charge in [0.15, 0.2) is 0 Å². The molecule has 3 aromatic rings. The van der Waals surface area contributed by atoms with Gasteiger partial charge in [-0.25, -0.2) is 23.4 Å². The van der Waals surface area contributed by atoms with Crippen LogP contribution in [0.3, 0.4) is 0 Å². The van der Waals surface area contributed by atoms with Gasteiger partial charge >= 0.3 is 5.97 Å². The van der Waals surface area contributed by atoms with Crippen molar-refractivity contribution in [2.45, 2.75) is 32.9 Å². The molecule has 3 aromatic heterocycles. The Balaban J connectivity index is 1.69. The molecule has 0 spiro atoms. The molecule has 0 amide bonds. The fourth-order valence-electron chi connectivity index (χ4n) is 4.45. The summed E-state index contributed by atoms with van der Waals surface area (Å²) in [5.41, 5.74) is 2.60. The Kier molecular flexibility index (Phi) is 9.64. The molecular formula is C26H37N7O6S2. The number of methoxy groups -OCH3 is 2. The van der Waals surface area contributed by atoms with E-state index in [9.17, 15) is 13.2 Å². The maximum absolute atomic E-state index is 12.0. The van der Waals surface area contributed by atoms with E-state index in [0.717, 1.165) is 26.9 Å². The van der Waals surface area contributed by atoms with Crippen LogP contribution in [0, 0.1) is 6.92 Å². The quantitative estimate of drug-likeness (QED) is 0.203. The van der Waals surface area contributed by atoms with E-state index in [1.807, 2.05) is 6.92 Å². The van der Waals surface area contributed by atoms with Gasteiger partial charge in [0.05, 0.1) is 49.6 Å². The number of aryl methyl sites for hydroxylation is 1. The zero-order valence-corrected chi connectivity index (χ0v) is 25.8. The van der Waals surface area contributed by atoms with Crippen LogP contribution in [0.1, 0.15) is 24.3 Å². The lowest BCUT2D eigenvalue weighted by Crippen LogP contribution is -2.49. The van der Waals surface area contributed by atoms with Crippen LogP contribution in [0.4, 0.5) is 11.6 Å². The Morgan fingerprint density at radius 2 is 1.93 bits per heavy atom. The van der Waals surface area contributed by atoms with Crippen molar-refractivity contribution in [1.82, 2.24) is 25.6 Å². The molecule has 0 unspecified atom stereocenters. The number of esters is 1. The SMILES string of the molecule is COC(=O)C(C)(C)NCCNCc1c(C)sc2c(-c3cnc(OC)c(NS(C)(=O)=O)c3)nc(N3CCOCC3)nc12. The van der Waals surface area contributed by atoms with Gasteiger partial charge < -0.3 is 29.7 Å². The van der Waals surface area contributed by atoms with Gasteiger partial charge in [0.2, 0.25) is 21.9 Å². The maximum atomic E-state index is 12.0. The van der Waals surface area contributed by atoms with Crippen molar-refractivity contribution in [2.24, 2.45) is 0 Å². The molecule has 13 nitrogen and oxygen atoms in total. The number of carbonyl (C=O) groups is 1. The summed E-state index contributed by atoms with van der Waals surface area (Å²) in [4.78, 5) is 29.4. The molecule has 1 fully saturated rings. The molecule has 1 aliphatic rings. The number of ether oxygens (including phenoxy) is 3. The zero-order valence-electron chi connectivity index (χ0n) is 24.2. The average Bonchev–Trinajstić information content (AvgIpc) is 3.26. The lowest BCUT2D eigenvalue weighted by molar-refractivity contribution is -0.147. The minimum absolute atomic E-state index is 0.161. The van der Waals surface area contributed by atoms with Gasteiger partial charge in [0, 0.05) is 54.9 Å². The fraction of sp³-hybridized carbons (Fsp3) is 0.538. The fourth-order valence-corrected chi connectivity index (χ4v) is 6.12. The first-order valence-electron chi connectivity index (χ1n) is 13.1. The molecule has 0 radical (unpaired) electrons. The Morgan fingerprint density at radius 3 is 2.59 bits per heavy atom. The first-order chi connectivity index (χ1) is 19.4. The minimum Gasteiger partial charge on any atom is -0.480 e. The number of nitrogens with one attached hydrogen (secondary N) is 3. The summed E-state index contributed by atoms with van der Waals surface area (Å²) in [5, 5.41) is 6.66. The number of anilines is 2. The predicted molar refractivity (Wildman–Crippen MR) is 159 cm³/mol. The van der Waals surface area contributed by atoms with E-state index in [4.69, 9.17) is 24.2 Å². The van der Waals surface area contributed by atoms with Crippen LogP contribution >= 0.6 is 11.3 Å². The van der Waals surface area contributed by atoms with Crippen molar-refractivity contribution in [3.8, 4) is 17.1 Å². The molecule has 4 rings (SSSR count). The van der Waals surface area contributed by atoms with Crippen molar-refractivity contribution in [3.63, 3.8) is 0 Å². The third-order valence-electron chi connectivity index (χ3n) is 6.59. The number of fused-ring (bicyclic) bond motifs is 1. The smallest absolute Gasteiger partial charge is 0.325 e. The lowest BCUT2D eigenvalue weighted by Gasteiger charge is -2.27. The number of carbonyl (C=O) groups excluding carboxylic acids is 1. The first kappa shape index (κ1) is 30.8. The van der Waals surface area contributed by atoms with Gasteiger partial charge in [-0.1, -0.05) is 0 Å². The number of pyridine rings is 1. The first-order valence-corrected chi connectivity index (χ1v) is 15.8. The summed E-state index contributed by atoms with van der Waals surface area (Å²) in [6.45, 7) is 9.83. The normalized spacial score (nSPS) is 14.3. The number of nitrogens with zero attached hydrogens (tertiary/aromatic N) is 4. The van der Waals surface area contributed by atoms with E-state index in [1.165, 1.54) is 14.2 Å². The highest BCUT2D eigenvalue weighted by Gasteiger charge is 2.27. The minimum atomic E-state index is -3.57. The van der Waals surface area contributed by atoms with Crippen LogP contribution in [-0.4, -0.2) is 94.7 Å². The van der Waals surface area contributed by atoms with E-state index in [-0.39, 0.29) is 17.5 Å². The van der Waals surface area contributed by atoms with Crippen molar-refractivity contribution < 1.29 is 27.4 Å². The van der Waals surface area contributed by atoms with Gasteiger partial charge in [-0.2, -0.15) is 0 Å². The Hall–Kier alpha value is -3.11. The Labute approximate surface area is 244 Å². The Morgan fingerprint density at radius 1 is 1.20 bits per heavy atom. The second-order valence-electron chi connectivity index (χ2n) is 10.2. The molecule has 3 N–H and O–H groups in total. The van der Waals surface area contributed by atoms with Crippen molar-refractivity contribution in [1.29, 1.82) is 0 Å². The van der Waals surface area contributed by atoms with Crippen LogP contribution in [0.5, 0.6) is 5.88 Å². The van der Waals surface area contributed by atoms with E-state index in [2.05, 4.69) is 25.2 Å². The number of hydrogen-bond donors (Lipinski definition) is 3. The number of thiophene rings is 1. The number of rotatable bonds is 12. The van der Waals surface area contributed by atoms with Crippen LogP contribution in [-0.2, 0) is 30.8 Å². The predicted octanol–water partition coefficient (Wildman–Crippen LogP) is 1.91. The summed E-state index contributed by atoms with van der Waals surface area (Å²) in [7, 11) is -0.762. The molecule has 0 atom stereocenters. The van der Waals surface area contributed by atoms with E-state index in [1.54, 1.807) is 37.4 Å². The summed E-state index contributed by atoms with van der Waals surface area (Å²) < 4.78 is 43.1. The molecule has 0 bridgehead atoms. The summed E-state index contributed by atoms with van der Waals surface area (Å²) >= 11 is 1.58.